The van der Waals surface area contributed by atoms with Crippen molar-refractivity contribution in [1.82, 2.24) is 10.6 Å². The fraction of sp³-hybridized carbons (Fsp3) is 0.276. The van der Waals surface area contributed by atoms with E-state index in [1.165, 1.54) is 18.7 Å². The molecule has 2 aliphatic rings. The number of anilines is 2. The molecule has 1 aliphatic carbocycles. The molecule has 2 aromatic rings. The number of hydrogen-bond acceptors (Lipinski definition) is 7. The Morgan fingerprint density at radius 1 is 1.00 bits per heavy atom. The molecular weight excluding hydrogens is 516 g/mol. The number of carbonyl (C=O) groups is 7. The molecule has 4 rings (SSSR count). The summed E-state index contributed by atoms with van der Waals surface area (Å²) in [5, 5.41) is 4.89. The van der Waals surface area contributed by atoms with E-state index in [0.717, 1.165) is 10.5 Å². The van der Waals surface area contributed by atoms with Crippen LogP contribution in [0.15, 0.2) is 54.6 Å². The van der Waals surface area contributed by atoms with E-state index >= 15 is 0 Å². The van der Waals surface area contributed by atoms with Crippen LogP contribution in [0.2, 0.25) is 0 Å². The van der Waals surface area contributed by atoms with Crippen LogP contribution in [0.1, 0.15) is 31.4 Å². The zero-order chi connectivity index (χ0) is 29.0. The summed E-state index contributed by atoms with van der Waals surface area (Å²) in [6.07, 6.45) is 2.37. The molecule has 4 amide bonds. The molecule has 0 unspecified atom stereocenters. The van der Waals surface area contributed by atoms with Gasteiger partial charge in [-0.25, -0.2) is 0 Å². The molecule has 2 N–H and O–H groups in total. The number of Topliss-reactive ketones (excluding diaryl/α,β-unsaturated/α-hetero) is 2. The van der Waals surface area contributed by atoms with Gasteiger partial charge in [-0.05, 0) is 36.6 Å². The van der Waals surface area contributed by atoms with Gasteiger partial charge in [0.05, 0.1) is 24.0 Å². The van der Waals surface area contributed by atoms with Gasteiger partial charge >= 0.3 is 0 Å². The fourth-order valence-corrected chi connectivity index (χ4v) is 4.84. The number of aldehydes is 1. The van der Waals surface area contributed by atoms with Crippen molar-refractivity contribution in [3.05, 3.63) is 65.7 Å². The van der Waals surface area contributed by atoms with Crippen molar-refractivity contribution >= 4 is 58.4 Å². The van der Waals surface area contributed by atoms with Gasteiger partial charge in [-0.15, -0.1) is 0 Å². The second kappa shape index (κ2) is 11.9. The molecule has 0 spiro atoms. The summed E-state index contributed by atoms with van der Waals surface area (Å²) >= 11 is 0. The first-order chi connectivity index (χ1) is 19.1. The van der Waals surface area contributed by atoms with Crippen molar-refractivity contribution < 1.29 is 33.6 Å². The number of amides is 4. The topological polar surface area (TPSA) is 150 Å². The highest BCUT2D eigenvalue weighted by Crippen LogP contribution is 2.33. The van der Waals surface area contributed by atoms with Crippen LogP contribution < -0.4 is 20.4 Å². The van der Waals surface area contributed by atoms with Crippen molar-refractivity contribution in [2.24, 2.45) is 0 Å². The smallest absolute Gasteiger partial charge is 0.293 e. The third kappa shape index (κ3) is 5.88. The summed E-state index contributed by atoms with van der Waals surface area (Å²) in [5.41, 5.74) is 2.31. The zero-order valence-electron chi connectivity index (χ0n) is 22.0. The van der Waals surface area contributed by atoms with E-state index in [2.05, 4.69) is 10.6 Å². The molecule has 2 aromatic carbocycles. The maximum absolute atomic E-state index is 13.8. The van der Waals surface area contributed by atoms with Crippen LogP contribution in [0.5, 0.6) is 0 Å². The lowest BCUT2D eigenvalue weighted by Gasteiger charge is -2.25. The Labute approximate surface area is 230 Å². The molecule has 206 valence electrons. The molecule has 0 saturated carbocycles. The van der Waals surface area contributed by atoms with Gasteiger partial charge in [0.1, 0.15) is 24.7 Å². The van der Waals surface area contributed by atoms with Gasteiger partial charge in [-0.1, -0.05) is 42.5 Å². The molecule has 11 nitrogen and oxygen atoms in total. The minimum absolute atomic E-state index is 0.211. The maximum atomic E-state index is 13.8. The minimum Gasteiger partial charge on any atom is -0.345 e. The lowest BCUT2D eigenvalue weighted by atomic mass is 10.0. The summed E-state index contributed by atoms with van der Waals surface area (Å²) < 4.78 is 0. The first-order valence-electron chi connectivity index (χ1n) is 12.7. The second-order valence-electron chi connectivity index (χ2n) is 9.59. The van der Waals surface area contributed by atoms with Gasteiger partial charge in [0, 0.05) is 18.9 Å². The number of allylic oxidation sites excluding steroid dienone is 1. The number of benzene rings is 2. The molecule has 2 atom stereocenters. The molecule has 40 heavy (non-hydrogen) atoms. The van der Waals surface area contributed by atoms with Gasteiger partial charge in [0.2, 0.25) is 17.6 Å². The van der Waals surface area contributed by atoms with E-state index in [1.54, 1.807) is 42.5 Å². The molecule has 1 aliphatic heterocycles. The number of ketones is 2. The van der Waals surface area contributed by atoms with Crippen molar-refractivity contribution in [1.29, 1.82) is 0 Å². The highest BCUT2D eigenvalue weighted by atomic mass is 16.2. The Morgan fingerprint density at radius 3 is 2.35 bits per heavy atom. The van der Waals surface area contributed by atoms with Gasteiger partial charge in [-0.2, -0.15) is 0 Å². The fourth-order valence-electron chi connectivity index (χ4n) is 4.84. The highest BCUT2D eigenvalue weighted by molar-refractivity contribution is 6.54. The van der Waals surface area contributed by atoms with Gasteiger partial charge < -0.3 is 20.3 Å². The standard InChI is InChI=1S/C29H28N4O7/c1-17(35)13-20(16-34)30-26(37)15-33-25-10-6-5-9-24(25)32(18(2)36)14-23(29(33)40)31-28(39)27(38)22-12-11-19-7-3-4-8-21(19)22/h3-10,12,16,20,23H,11,13-15H2,1-2H3,(H,30,37)(H,31,39)/t20-,23-/m0/s1. The number of nitrogens with zero attached hydrogens (tertiary/aromatic N) is 2. The van der Waals surface area contributed by atoms with Crippen LogP contribution in [-0.4, -0.2) is 66.7 Å². The van der Waals surface area contributed by atoms with Gasteiger partial charge in [0.25, 0.3) is 11.8 Å². The van der Waals surface area contributed by atoms with Crippen LogP contribution >= 0.6 is 0 Å². The summed E-state index contributed by atoms with van der Waals surface area (Å²) in [5.74, 6) is -4.04. The lowest BCUT2D eigenvalue weighted by Crippen LogP contribution is -2.55. The predicted octanol–water partition coefficient (Wildman–Crippen LogP) is 0.743. The van der Waals surface area contributed by atoms with Gasteiger partial charge in [-0.3, -0.25) is 33.7 Å². The van der Waals surface area contributed by atoms with Crippen LogP contribution in [0.25, 0.3) is 5.57 Å². The Balaban J connectivity index is 1.61. The van der Waals surface area contributed by atoms with Crippen molar-refractivity contribution in [3.63, 3.8) is 0 Å². The number of rotatable bonds is 9. The lowest BCUT2D eigenvalue weighted by molar-refractivity contribution is -0.136. The average molecular weight is 545 g/mol. The first kappa shape index (κ1) is 28.1. The number of carbonyl (C=O) groups excluding carboxylic acids is 7. The molecule has 0 bridgehead atoms. The van der Waals surface area contributed by atoms with Crippen LogP contribution in [0.3, 0.4) is 0 Å². The third-order valence-corrected chi connectivity index (χ3v) is 6.68. The second-order valence-corrected chi connectivity index (χ2v) is 9.59. The molecule has 0 saturated heterocycles. The Morgan fingerprint density at radius 2 is 1.68 bits per heavy atom. The summed E-state index contributed by atoms with van der Waals surface area (Å²) in [6, 6.07) is 11.1. The summed E-state index contributed by atoms with van der Waals surface area (Å²) in [4.78, 5) is 90.6. The van der Waals surface area contributed by atoms with Crippen molar-refractivity contribution in [2.45, 2.75) is 38.8 Å². The van der Waals surface area contributed by atoms with Crippen LogP contribution in [0.4, 0.5) is 11.4 Å². The molecule has 0 radical (unpaired) electrons. The third-order valence-electron chi connectivity index (χ3n) is 6.68. The van der Waals surface area contributed by atoms with Crippen molar-refractivity contribution in [2.75, 3.05) is 22.9 Å². The monoisotopic (exact) mass is 544 g/mol. The number of nitrogens with one attached hydrogen (secondary N) is 2. The van der Waals surface area contributed by atoms with Crippen LogP contribution in [0, 0.1) is 0 Å². The Bertz CT molecular complexity index is 1450. The van der Waals surface area contributed by atoms with E-state index in [4.69, 9.17) is 0 Å². The van der Waals surface area contributed by atoms with E-state index in [-0.39, 0.29) is 30.0 Å². The SMILES string of the molecule is CC(=O)C[C@@H](C=O)NC(=O)CN1C(=O)[C@@H](NC(=O)C(=O)C2=CCc3ccccc32)CN(C(C)=O)c2ccccc21. The maximum Gasteiger partial charge on any atom is 0.293 e. The Hall–Kier alpha value is -4.93. The van der Waals surface area contributed by atoms with Crippen molar-refractivity contribution in [3.8, 4) is 0 Å². The number of para-hydroxylation sites is 2. The summed E-state index contributed by atoms with van der Waals surface area (Å²) in [6.45, 7) is 1.73. The number of hydrogen-bond donors (Lipinski definition) is 2. The van der Waals surface area contributed by atoms with Crippen LogP contribution in [-0.2, 0) is 40.0 Å². The highest BCUT2D eigenvalue weighted by Gasteiger charge is 2.38. The normalized spacial score (nSPS) is 16.6. The van der Waals surface area contributed by atoms with E-state index in [0.29, 0.717) is 24.0 Å². The van der Waals surface area contributed by atoms with E-state index < -0.39 is 48.0 Å². The van der Waals surface area contributed by atoms with E-state index in [1.807, 2.05) is 12.1 Å². The minimum atomic E-state index is -1.36. The largest absolute Gasteiger partial charge is 0.345 e. The molecular formula is C29H28N4O7. The molecule has 1 heterocycles. The first-order valence-corrected chi connectivity index (χ1v) is 12.7. The van der Waals surface area contributed by atoms with E-state index in [9.17, 15) is 33.6 Å². The zero-order valence-corrected chi connectivity index (χ0v) is 22.0. The molecule has 0 aromatic heterocycles. The summed E-state index contributed by atoms with van der Waals surface area (Å²) in [7, 11) is 0. The average Bonchev–Trinajstić information content (AvgIpc) is 3.32. The van der Waals surface area contributed by atoms with Gasteiger partial charge in [0.15, 0.2) is 0 Å². The Kier molecular flexibility index (Phi) is 8.32. The quantitative estimate of drug-likeness (QED) is 0.349. The number of fused-ring (bicyclic) bond motifs is 2. The predicted molar refractivity (Wildman–Crippen MR) is 145 cm³/mol. The molecule has 0 fully saturated rings. The molecule has 11 heteroatoms.